The lowest BCUT2D eigenvalue weighted by Crippen LogP contribution is -2.20. The molecule has 0 saturated heterocycles. The average Bonchev–Trinajstić information content (AvgIpc) is 2.16. The summed E-state index contributed by atoms with van der Waals surface area (Å²) in [6.07, 6.45) is 0. The summed E-state index contributed by atoms with van der Waals surface area (Å²) >= 11 is 2.26. The Labute approximate surface area is 113 Å². The van der Waals surface area contributed by atoms with Gasteiger partial charge in [0.25, 0.3) is 0 Å². The van der Waals surface area contributed by atoms with Crippen molar-refractivity contribution in [1.82, 2.24) is 0 Å². The first-order valence-corrected chi connectivity index (χ1v) is 7.22. The molecule has 0 aliphatic carbocycles. The molecule has 1 atom stereocenters. The Morgan fingerprint density at radius 2 is 2.00 bits per heavy atom. The maximum Gasteiger partial charge on any atom is 0.145 e. The number of hydrogen-bond donors (Lipinski definition) is 0. The molecule has 88 valence electrons. The molecule has 0 aliphatic heterocycles. The van der Waals surface area contributed by atoms with E-state index in [-0.39, 0.29) is 4.75 Å². The van der Waals surface area contributed by atoms with Crippen molar-refractivity contribution in [2.24, 2.45) is 4.40 Å². The minimum Gasteiger partial charge on any atom is -0.234 e. The molecule has 0 unspecified atom stereocenters. The third-order valence-corrected chi connectivity index (χ3v) is 4.14. The lowest BCUT2D eigenvalue weighted by Gasteiger charge is -2.14. The number of benzene rings is 1. The van der Waals surface area contributed by atoms with E-state index in [0.717, 1.165) is 14.8 Å². The Morgan fingerprint density at radius 1 is 1.38 bits per heavy atom. The molecule has 16 heavy (non-hydrogen) atoms. The minimum absolute atomic E-state index is 0.302. The van der Waals surface area contributed by atoms with E-state index in [1.807, 2.05) is 52.0 Å². The maximum absolute atomic E-state index is 11.9. The monoisotopic (exact) mass is 349 g/mol. The molecule has 0 bridgehead atoms. The first-order valence-electron chi connectivity index (χ1n) is 5.04. The highest BCUT2D eigenvalue weighted by atomic mass is 127. The molecule has 1 aromatic carbocycles. The summed E-state index contributed by atoms with van der Waals surface area (Å²) in [6, 6.07) is 8.04. The van der Waals surface area contributed by atoms with Gasteiger partial charge >= 0.3 is 0 Å². The minimum atomic E-state index is -1.19. The van der Waals surface area contributed by atoms with Gasteiger partial charge in [0.15, 0.2) is 0 Å². The number of nitrogens with zero attached hydrogens (tertiary/aromatic N) is 1. The van der Waals surface area contributed by atoms with Crippen LogP contribution in [0.2, 0.25) is 0 Å². The van der Waals surface area contributed by atoms with E-state index >= 15 is 0 Å². The van der Waals surface area contributed by atoms with Gasteiger partial charge in [-0.15, -0.1) is 0 Å². The number of rotatable bonds is 2. The highest BCUT2D eigenvalue weighted by Crippen LogP contribution is 2.15. The zero-order valence-corrected chi connectivity index (χ0v) is 12.9. The predicted molar refractivity (Wildman–Crippen MR) is 79.3 cm³/mol. The van der Waals surface area contributed by atoms with Gasteiger partial charge in [-0.25, -0.2) is 4.21 Å². The summed E-state index contributed by atoms with van der Waals surface area (Å²) in [7, 11) is -1.19. The van der Waals surface area contributed by atoms with Crippen molar-refractivity contribution in [2.45, 2.75) is 32.4 Å². The molecule has 0 spiro atoms. The van der Waals surface area contributed by atoms with E-state index in [0.29, 0.717) is 0 Å². The largest absolute Gasteiger partial charge is 0.234 e. The molecule has 0 amide bonds. The van der Waals surface area contributed by atoms with Crippen molar-refractivity contribution in [2.75, 3.05) is 0 Å². The Bertz CT molecular complexity index is 435. The predicted octanol–water partition coefficient (Wildman–Crippen LogP) is 3.56. The standard InChI is InChI=1S/C12H16INOS/c1-9(14-16(15)12(2,3)4)10-6-5-7-11(13)8-10/h5-8H,1-4H3/t16-/m0/s1. The summed E-state index contributed by atoms with van der Waals surface area (Å²) < 4.78 is 17.0. The van der Waals surface area contributed by atoms with Gasteiger partial charge in [-0.05, 0) is 68.0 Å². The third-order valence-electron chi connectivity index (χ3n) is 1.99. The summed E-state index contributed by atoms with van der Waals surface area (Å²) in [5.74, 6) is 0. The van der Waals surface area contributed by atoms with Gasteiger partial charge in [-0.2, -0.15) is 4.40 Å². The van der Waals surface area contributed by atoms with Crippen molar-refractivity contribution in [3.05, 3.63) is 33.4 Å². The van der Waals surface area contributed by atoms with Gasteiger partial charge in [-0.1, -0.05) is 12.1 Å². The van der Waals surface area contributed by atoms with E-state index in [1.54, 1.807) is 0 Å². The van der Waals surface area contributed by atoms with Crippen LogP contribution in [0.25, 0.3) is 0 Å². The quantitative estimate of drug-likeness (QED) is 0.593. The zero-order chi connectivity index (χ0) is 12.3. The second-order valence-electron chi connectivity index (χ2n) is 4.55. The van der Waals surface area contributed by atoms with Crippen LogP contribution in [0.4, 0.5) is 0 Å². The molecule has 0 aliphatic rings. The molecule has 1 aromatic rings. The molecule has 2 nitrogen and oxygen atoms in total. The average molecular weight is 349 g/mol. The molecule has 0 aromatic heterocycles. The molecular formula is C12H16INOS. The first-order chi connectivity index (χ1) is 7.30. The molecule has 4 heteroatoms. The lowest BCUT2D eigenvalue weighted by molar-refractivity contribution is 0.650. The van der Waals surface area contributed by atoms with E-state index in [9.17, 15) is 4.21 Å². The molecule has 0 N–H and O–H groups in total. The lowest BCUT2D eigenvalue weighted by atomic mass is 10.1. The van der Waals surface area contributed by atoms with Gasteiger partial charge < -0.3 is 0 Å². The highest BCUT2D eigenvalue weighted by molar-refractivity contribution is 14.1. The van der Waals surface area contributed by atoms with E-state index < -0.39 is 11.0 Å². The Kier molecular flexibility index (Phi) is 4.67. The van der Waals surface area contributed by atoms with Crippen LogP contribution < -0.4 is 0 Å². The second kappa shape index (κ2) is 5.40. The normalized spacial score (nSPS) is 14.9. The molecule has 1 rings (SSSR count). The third kappa shape index (κ3) is 3.97. The van der Waals surface area contributed by atoms with E-state index in [1.165, 1.54) is 0 Å². The Hall–Kier alpha value is -0.230. The highest BCUT2D eigenvalue weighted by Gasteiger charge is 2.19. The van der Waals surface area contributed by atoms with Crippen LogP contribution in [0.15, 0.2) is 28.7 Å². The SMILES string of the molecule is CC(=N[S@@](=O)C(C)(C)C)c1cccc(I)c1. The van der Waals surface area contributed by atoms with Crippen molar-refractivity contribution < 1.29 is 4.21 Å². The number of hydrogen-bond acceptors (Lipinski definition) is 1. The van der Waals surface area contributed by atoms with E-state index in [4.69, 9.17) is 0 Å². The van der Waals surface area contributed by atoms with E-state index in [2.05, 4.69) is 27.0 Å². The topological polar surface area (TPSA) is 29.4 Å². The smallest absolute Gasteiger partial charge is 0.145 e. The fourth-order valence-electron chi connectivity index (χ4n) is 1.03. The van der Waals surface area contributed by atoms with Gasteiger partial charge in [0.2, 0.25) is 0 Å². The Balaban J connectivity index is 2.99. The van der Waals surface area contributed by atoms with Gasteiger partial charge in [0, 0.05) is 3.57 Å². The fourth-order valence-corrected chi connectivity index (χ4v) is 2.20. The fraction of sp³-hybridized carbons (Fsp3) is 0.417. The molecule has 0 radical (unpaired) electrons. The van der Waals surface area contributed by atoms with Crippen LogP contribution in [0, 0.1) is 3.57 Å². The van der Waals surface area contributed by atoms with Gasteiger partial charge in [0.1, 0.15) is 11.0 Å². The van der Waals surface area contributed by atoms with Crippen LogP contribution >= 0.6 is 22.6 Å². The molecule has 0 saturated carbocycles. The summed E-state index contributed by atoms with van der Waals surface area (Å²) in [6.45, 7) is 7.67. The van der Waals surface area contributed by atoms with Crippen molar-refractivity contribution in [1.29, 1.82) is 0 Å². The first kappa shape index (κ1) is 13.8. The molecule has 0 heterocycles. The summed E-state index contributed by atoms with van der Waals surface area (Å²) in [4.78, 5) is 0. The van der Waals surface area contributed by atoms with Crippen LogP contribution in [0.1, 0.15) is 33.3 Å². The summed E-state index contributed by atoms with van der Waals surface area (Å²) in [5.41, 5.74) is 1.86. The summed E-state index contributed by atoms with van der Waals surface area (Å²) in [5, 5.41) is 0. The van der Waals surface area contributed by atoms with Crippen LogP contribution in [0.3, 0.4) is 0 Å². The van der Waals surface area contributed by atoms with Crippen molar-refractivity contribution >= 4 is 39.3 Å². The maximum atomic E-state index is 11.9. The van der Waals surface area contributed by atoms with Crippen molar-refractivity contribution in [3.8, 4) is 0 Å². The molecular weight excluding hydrogens is 333 g/mol. The zero-order valence-electron chi connectivity index (χ0n) is 9.95. The van der Waals surface area contributed by atoms with Gasteiger partial charge in [-0.3, -0.25) is 0 Å². The Morgan fingerprint density at radius 3 is 2.50 bits per heavy atom. The van der Waals surface area contributed by atoms with Crippen molar-refractivity contribution in [3.63, 3.8) is 0 Å². The van der Waals surface area contributed by atoms with Crippen LogP contribution in [0.5, 0.6) is 0 Å². The number of halogens is 1. The van der Waals surface area contributed by atoms with Crippen LogP contribution in [-0.4, -0.2) is 14.7 Å². The van der Waals surface area contributed by atoms with Gasteiger partial charge in [0.05, 0.1) is 10.5 Å². The van der Waals surface area contributed by atoms with Crippen LogP contribution in [-0.2, 0) is 11.0 Å². The second-order valence-corrected chi connectivity index (χ2v) is 7.70. The molecule has 0 fully saturated rings.